The summed E-state index contributed by atoms with van der Waals surface area (Å²) in [6.07, 6.45) is -2.28. The third kappa shape index (κ3) is 4.09. The summed E-state index contributed by atoms with van der Waals surface area (Å²) < 4.78 is 85.6. The van der Waals surface area contributed by atoms with Crippen LogP contribution in [0.5, 0.6) is 5.75 Å². The van der Waals surface area contributed by atoms with E-state index in [1.165, 1.54) is 50.0 Å². The lowest BCUT2D eigenvalue weighted by Crippen LogP contribution is -2.09. The van der Waals surface area contributed by atoms with Crippen LogP contribution in [-0.2, 0) is 23.1 Å². The minimum Gasteiger partial charge on any atom is -0.494 e. The molecule has 4 aromatic rings. The number of alkyl halides is 3. The molecule has 0 aliphatic rings. The normalized spacial score (nSPS) is 12.3. The van der Waals surface area contributed by atoms with Gasteiger partial charge in [0.25, 0.3) is 0 Å². The van der Waals surface area contributed by atoms with Crippen LogP contribution in [0.4, 0.5) is 17.6 Å². The van der Waals surface area contributed by atoms with Gasteiger partial charge in [0.1, 0.15) is 11.4 Å². The van der Waals surface area contributed by atoms with Gasteiger partial charge in [0, 0.05) is 18.8 Å². The van der Waals surface area contributed by atoms with Gasteiger partial charge >= 0.3 is 6.18 Å². The van der Waals surface area contributed by atoms with Crippen LogP contribution in [0.15, 0.2) is 47.6 Å². The molecule has 3 aromatic heterocycles. The van der Waals surface area contributed by atoms with E-state index >= 15 is 0 Å². The molecular weight excluding hydrogens is 476 g/mol. The van der Waals surface area contributed by atoms with Crippen LogP contribution in [0.2, 0.25) is 0 Å². The van der Waals surface area contributed by atoms with Gasteiger partial charge in [-0.3, -0.25) is 4.98 Å². The maximum Gasteiger partial charge on any atom is 0.433 e. The number of imidazole rings is 1. The van der Waals surface area contributed by atoms with Crippen LogP contribution in [0, 0.1) is 5.82 Å². The average Bonchev–Trinajstić information content (AvgIpc) is 3.13. The van der Waals surface area contributed by atoms with Crippen molar-refractivity contribution in [1.82, 2.24) is 19.5 Å². The van der Waals surface area contributed by atoms with E-state index in [9.17, 15) is 26.0 Å². The first-order valence-electron chi connectivity index (χ1n) is 9.93. The summed E-state index contributed by atoms with van der Waals surface area (Å²) in [6, 6.07) is 6.30. The molecule has 0 aliphatic heterocycles. The van der Waals surface area contributed by atoms with E-state index in [1.54, 1.807) is 6.07 Å². The molecule has 3 heterocycles. The summed E-state index contributed by atoms with van der Waals surface area (Å²) >= 11 is 0. The Kier molecular flexibility index (Phi) is 5.80. The lowest BCUT2D eigenvalue weighted by molar-refractivity contribution is -0.141. The van der Waals surface area contributed by atoms with Crippen LogP contribution >= 0.6 is 0 Å². The number of sulfone groups is 1. The number of aromatic nitrogens is 4. The Bertz CT molecular complexity index is 1510. The van der Waals surface area contributed by atoms with E-state index in [2.05, 4.69) is 15.0 Å². The Hall–Kier alpha value is -3.54. The van der Waals surface area contributed by atoms with Crippen molar-refractivity contribution in [3.8, 4) is 28.4 Å². The molecule has 0 saturated carbocycles. The van der Waals surface area contributed by atoms with E-state index < -0.39 is 27.5 Å². The monoisotopic (exact) mass is 494 g/mol. The zero-order chi connectivity index (χ0) is 24.8. The van der Waals surface area contributed by atoms with Crippen molar-refractivity contribution in [2.45, 2.75) is 18.0 Å². The second kappa shape index (κ2) is 8.35. The van der Waals surface area contributed by atoms with Gasteiger partial charge < -0.3 is 9.30 Å². The van der Waals surface area contributed by atoms with Gasteiger partial charge in [-0.25, -0.2) is 22.8 Å². The lowest BCUT2D eigenvalue weighted by Gasteiger charge is -2.12. The molecule has 0 bridgehead atoms. The van der Waals surface area contributed by atoms with Crippen molar-refractivity contribution in [3.63, 3.8) is 0 Å². The molecule has 0 saturated heterocycles. The molecule has 0 aliphatic carbocycles. The summed E-state index contributed by atoms with van der Waals surface area (Å²) in [6.45, 7) is 1.45. The number of hydrogen-bond donors (Lipinski definition) is 0. The molecule has 0 fully saturated rings. The lowest BCUT2D eigenvalue weighted by atomic mass is 10.1. The Morgan fingerprint density at radius 2 is 1.79 bits per heavy atom. The van der Waals surface area contributed by atoms with Crippen LogP contribution in [0.1, 0.15) is 12.6 Å². The average molecular weight is 494 g/mol. The fraction of sp³-hybridized carbons (Fsp3) is 0.227. The number of pyridine rings is 2. The maximum atomic E-state index is 14.2. The van der Waals surface area contributed by atoms with E-state index in [-0.39, 0.29) is 38.9 Å². The largest absolute Gasteiger partial charge is 0.494 e. The predicted octanol–water partition coefficient (Wildman–Crippen LogP) is 4.66. The molecule has 0 amide bonds. The van der Waals surface area contributed by atoms with Gasteiger partial charge in [-0.15, -0.1) is 0 Å². The number of hydrogen-bond acceptors (Lipinski definition) is 6. The fourth-order valence-electron chi connectivity index (χ4n) is 3.46. The number of benzene rings is 1. The van der Waals surface area contributed by atoms with Crippen LogP contribution in [-0.4, -0.2) is 40.8 Å². The van der Waals surface area contributed by atoms with Gasteiger partial charge in [-0.1, -0.05) is 13.0 Å². The smallest absolute Gasteiger partial charge is 0.433 e. The molecule has 0 radical (unpaired) electrons. The van der Waals surface area contributed by atoms with Gasteiger partial charge in [0.15, 0.2) is 27.2 Å². The Labute approximate surface area is 192 Å². The zero-order valence-corrected chi connectivity index (χ0v) is 19.0. The van der Waals surface area contributed by atoms with Crippen molar-refractivity contribution in [1.29, 1.82) is 0 Å². The molecule has 7 nitrogen and oxygen atoms in total. The highest BCUT2D eigenvalue weighted by Crippen LogP contribution is 2.34. The maximum absolute atomic E-state index is 14.2. The summed E-state index contributed by atoms with van der Waals surface area (Å²) in [4.78, 5) is 11.8. The number of fused-ring (bicyclic) bond motifs is 1. The Morgan fingerprint density at radius 1 is 1.06 bits per heavy atom. The SMILES string of the molecule is CCS(=O)(=O)c1cc(-c2ccc(OC)c(F)c2)cnc1-c1nc2cc(C(F)(F)F)ncc2n1C. The summed E-state index contributed by atoms with van der Waals surface area (Å²) in [5, 5.41) is 0. The van der Waals surface area contributed by atoms with E-state index in [0.717, 1.165) is 12.3 Å². The second-order valence-electron chi connectivity index (χ2n) is 7.37. The van der Waals surface area contributed by atoms with Gasteiger partial charge in [0.2, 0.25) is 0 Å². The van der Waals surface area contributed by atoms with Crippen LogP contribution in [0.25, 0.3) is 33.7 Å². The first-order chi connectivity index (χ1) is 16.0. The van der Waals surface area contributed by atoms with E-state index in [4.69, 9.17) is 4.74 Å². The minimum atomic E-state index is -4.66. The third-order valence-corrected chi connectivity index (χ3v) is 7.06. The quantitative estimate of drug-likeness (QED) is 0.375. The summed E-state index contributed by atoms with van der Waals surface area (Å²) in [7, 11) is -0.998. The standard InChI is InChI=1S/C22H18F4N4O3S/c1-4-34(31,32)18-8-13(12-5-6-17(33-3)14(23)7-12)10-28-20(18)21-29-15-9-19(22(24,25)26)27-11-16(15)30(21)2/h5-11H,4H2,1-3H3. The molecule has 4 rings (SSSR count). The number of aryl methyl sites for hydroxylation is 1. The minimum absolute atomic E-state index is 0.0113. The molecule has 178 valence electrons. The van der Waals surface area contributed by atoms with Gasteiger partial charge in [-0.05, 0) is 29.8 Å². The number of ether oxygens (including phenoxy) is 1. The number of rotatable bonds is 5. The van der Waals surface area contributed by atoms with E-state index in [1.807, 2.05) is 0 Å². The van der Waals surface area contributed by atoms with Crippen molar-refractivity contribution >= 4 is 20.9 Å². The van der Waals surface area contributed by atoms with Crippen molar-refractivity contribution in [2.24, 2.45) is 7.05 Å². The van der Waals surface area contributed by atoms with Gasteiger partial charge in [-0.2, -0.15) is 13.2 Å². The van der Waals surface area contributed by atoms with Crippen LogP contribution < -0.4 is 4.74 Å². The highest BCUT2D eigenvalue weighted by Gasteiger charge is 2.33. The second-order valence-corrected chi connectivity index (χ2v) is 9.62. The molecule has 0 spiro atoms. The number of nitrogens with zero attached hydrogens (tertiary/aromatic N) is 4. The predicted molar refractivity (Wildman–Crippen MR) is 116 cm³/mol. The highest BCUT2D eigenvalue weighted by molar-refractivity contribution is 7.91. The van der Waals surface area contributed by atoms with Gasteiger partial charge in [0.05, 0.1) is 35.0 Å². The number of methoxy groups -OCH3 is 1. The Balaban J connectivity index is 1.92. The molecule has 1 aromatic carbocycles. The van der Waals surface area contributed by atoms with Crippen LogP contribution in [0.3, 0.4) is 0 Å². The topological polar surface area (TPSA) is 87.0 Å². The first-order valence-corrected chi connectivity index (χ1v) is 11.6. The van der Waals surface area contributed by atoms with Crippen molar-refractivity contribution in [3.05, 3.63) is 54.2 Å². The molecule has 0 unspecified atom stereocenters. The molecule has 12 heteroatoms. The summed E-state index contributed by atoms with van der Waals surface area (Å²) in [5.41, 5.74) is -0.192. The first kappa shape index (κ1) is 23.6. The third-order valence-electron chi connectivity index (χ3n) is 5.32. The summed E-state index contributed by atoms with van der Waals surface area (Å²) in [5.74, 6) is -0.810. The molecule has 0 atom stereocenters. The highest BCUT2D eigenvalue weighted by atomic mass is 32.2. The molecule has 0 N–H and O–H groups in total. The zero-order valence-electron chi connectivity index (χ0n) is 18.2. The number of halogens is 4. The van der Waals surface area contributed by atoms with Crippen molar-refractivity contribution < 1.29 is 30.7 Å². The molecular formula is C22H18F4N4O3S. The Morgan fingerprint density at radius 3 is 2.41 bits per heavy atom. The van der Waals surface area contributed by atoms with E-state index in [0.29, 0.717) is 11.1 Å². The van der Waals surface area contributed by atoms with Crippen molar-refractivity contribution in [2.75, 3.05) is 12.9 Å². The fourth-order valence-corrected chi connectivity index (χ4v) is 4.52. The molecule has 34 heavy (non-hydrogen) atoms.